The minimum absolute atomic E-state index is 0.0491. The van der Waals surface area contributed by atoms with Crippen molar-refractivity contribution in [1.29, 1.82) is 0 Å². The molecule has 0 aliphatic carbocycles. The van der Waals surface area contributed by atoms with Gasteiger partial charge in [0.2, 0.25) is 11.8 Å². The van der Waals surface area contributed by atoms with Crippen molar-refractivity contribution in [1.82, 2.24) is 24.8 Å². The Morgan fingerprint density at radius 3 is 2.63 bits per heavy atom. The first-order chi connectivity index (χ1) is 22.4. The SMILES string of the molecule is C=CCCCOC(=O)[C@@H]1[C@H]2C(=O)N([C@H](CO)c3ccccc3)C(C(=O)N(CC=C)Cn3nnc4ccccc43)C23CC[C@@]1(CC)O3. The van der Waals surface area contributed by atoms with Gasteiger partial charge in [0.25, 0.3) is 0 Å². The molecule has 0 radical (unpaired) electrons. The van der Waals surface area contributed by atoms with Crippen molar-refractivity contribution >= 4 is 28.8 Å². The number of nitrogens with zero attached hydrogens (tertiary/aromatic N) is 5. The standard InChI is InChI=1S/C35H41N5O6/c1-4-7-13-21-45-33(44)29-28-31(42)40(27(22-41)24-14-9-8-10-15-24)30(35(28)19-18-34(29,6-3)46-35)32(43)38(20-5-2)23-39-26-17-12-11-16-25(26)36-37-39/h4-5,8-12,14-17,27-30,41H,1-2,6-7,13,18-23H2,3H3/t27-,28+,29+,30?,34-,35?/m1/s1. The lowest BCUT2D eigenvalue weighted by Crippen LogP contribution is -2.57. The number of unbranched alkanes of at least 4 members (excludes halogenated alkanes) is 1. The van der Waals surface area contributed by atoms with E-state index in [1.807, 2.05) is 61.5 Å². The highest BCUT2D eigenvalue weighted by Gasteiger charge is 2.79. The molecule has 1 aromatic heterocycles. The Morgan fingerprint density at radius 2 is 1.91 bits per heavy atom. The maximum absolute atomic E-state index is 15.0. The Bertz CT molecular complexity index is 1630. The molecule has 242 valence electrons. The predicted octanol–water partition coefficient (Wildman–Crippen LogP) is 3.80. The van der Waals surface area contributed by atoms with E-state index >= 15 is 0 Å². The molecule has 6 rings (SSSR count). The number of aliphatic hydroxyl groups is 1. The third-order valence-electron chi connectivity index (χ3n) is 9.98. The van der Waals surface area contributed by atoms with E-state index in [1.54, 1.807) is 21.7 Å². The highest BCUT2D eigenvalue weighted by Crippen LogP contribution is 2.65. The van der Waals surface area contributed by atoms with Crippen molar-refractivity contribution in [2.45, 2.75) is 69.0 Å². The number of para-hydroxylation sites is 1. The molecule has 3 fully saturated rings. The molecule has 0 saturated carbocycles. The number of hydrogen-bond acceptors (Lipinski definition) is 8. The summed E-state index contributed by atoms with van der Waals surface area (Å²) in [6.45, 7) is 9.55. The quantitative estimate of drug-likeness (QED) is 0.163. The molecule has 4 heterocycles. The topological polar surface area (TPSA) is 127 Å². The third kappa shape index (κ3) is 5.02. The number of ether oxygens (including phenoxy) is 2. The molecule has 2 unspecified atom stereocenters. The minimum Gasteiger partial charge on any atom is -0.465 e. The van der Waals surface area contributed by atoms with Crippen LogP contribution in [0.15, 0.2) is 79.9 Å². The highest BCUT2D eigenvalue weighted by molar-refractivity contribution is 5.99. The number of esters is 1. The van der Waals surface area contributed by atoms with Crippen molar-refractivity contribution in [2.24, 2.45) is 11.8 Å². The van der Waals surface area contributed by atoms with E-state index in [2.05, 4.69) is 23.5 Å². The number of carbonyl (C=O) groups excluding carboxylic acids is 3. The Morgan fingerprint density at radius 1 is 1.15 bits per heavy atom. The zero-order valence-corrected chi connectivity index (χ0v) is 26.2. The van der Waals surface area contributed by atoms with Gasteiger partial charge in [0.1, 0.15) is 29.7 Å². The van der Waals surface area contributed by atoms with Crippen molar-refractivity contribution in [3.05, 3.63) is 85.5 Å². The van der Waals surface area contributed by atoms with Crippen LogP contribution in [0.1, 0.15) is 50.6 Å². The van der Waals surface area contributed by atoms with Gasteiger partial charge in [0.05, 0.1) is 36.3 Å². The normalized spacial score (nSPS) is 27.0. The van der Waals surface area contributed by atoms with Crippen molar-refractivity contribution in [3.63, 3.8) is 0 Å². The van der Waals surface area contributed by atoms with Crippen LogP contribution in [0.2, 0.25) is 0 Å². The summed E-state index contributed by atoms with van der Waals surface area (Å²) in [5.41, 5.74) is -0.117. The molecule has 6 atom stereocenters. The lowest BCUT2D eigenvalue weighted by molar-refractivity contribution is -0.164. The largest absolute Gasteiger partial charge is 0.465 e. The molecular formula is C35H41N5O6. The molecule has 3 aromatic rings. The van der Waals surface area contributed by atoms with Gasteiger partial charge in [0.15, 0.2) is 0 Å². The van der Waals surface area contributed by atoms with Gasteiger partial charge in [-0.3, -0.25) is 14.4 Å². The summed E-state index contributed by atoms with van der Waals surface area (Å²) < 4.78 is 14.3. The Kier molecular flexibility index (Phi) is 8.80. The molecule has 3 aliphatic rings. The molecule has 2 bridgehead atoms. The number of aromatic nitrogens is 3. The zero-order valence-electron chi connectivity index (χ0n) is 26.2. The van der Waals surface area contributed by atoms with Gasteiger partial charge in [0, 0.05) is 6.54 Å². The molecule has 1 N–H and O–H groups in total. The predicted molar refractivity (Wildman–Crippen MR) is 170 cm³/mol. The Hall–Kier alpha value is -4.35. The summed E-state index contributed by atoms with van der Waals surface area (Å²) in [6.07, 6.45) is 6.09. The molecule has 46 heavy (non-hydrogen) atoms. The molecule has 2 amide bonds. The van der Waals surface area contributed by atoms with Crippen LogP contribution in [0, 0.1) is 11.8 Å². The third-order valence-corrected chi connectivity index (χ3v) is 9.98. The summed E-state index contributed by atoms with van der Waals surface area (Å²) >= 11 is 0. The number of benzene rings is 2. The van der Waals surface area contributed by atoms with Gasteiger partial charge >= 0.3 is 5.97 Å². The first-order valence-electron chi connectivity index (χ1n) is 16.0. The van der Waals surface area contributed by atoms with E-state index in [0.717, 1.165) is 5.52 Å². The average molecular weight is 628 g/mol. The number of amides is 2. The van der Waals surface area contributed by atoms with E-state index in [9.17, 15) is 19.5 Å². The number of hydrogen-bond donors (Lipinski definition) is 1. The van der Waals surface area contributed by atoms with Crippen LogP contribution >= 0.6 is 0 Å². The van der Waals surface area contributed by atoms with Crippen LogP contribution < -0.4 is 0 Å². The van der Waals surface area contributed by atoms with Crippen molar-refractivity contribution in [2.75, 3.05) is 19.8 Å². The molecule has 11 heteroatoms. The van der Waals surface area contributed by atoms with Gasteiger partial charge < -0.3 is 24.4 Å². The van der Waals surface area contributed by atoms with E-state index in [-0.39, 0.29) is 25.7 Å². The van der Waals surface area contributed by atoms with Crippen molar-refractivity contribution in [3.8, 4) is 0 Å². The van der Waals surface area contributed by atoms with Crippen LogP contribution in [-0.4, -0.2) is 84.7 Å². The van der Waals surface area contributed by atoms with Gasteiger partial charge in [-0.1, -0.05) is 66.8 Å². The summed E-state index contributed by atoms with van der Waals surface area (Å²) in [6, 6.07) is 14.6. The lowest BCUT2D eigenvalue weighted by Gasteiger charge is -2.39. The van der Waals surface area contributed by atoms with Crippen LogP contribution in [0.3, 0.4) is 0 Å². The van der Waals surface area contributed by atoms with Crippen molar-refractivity contribution < 1.29 is 29.0 Å². The van der Waals surface area contributed by atoms with E-state index < -0.39 is 53.6 Å². The number of allylic oxidation sites excluding steroid dienone is 1. The molecular weight excluding hydrogens is 586 g/mol. The van der Waals surface area contributed by atoms with Gasteiger partial charge in [-0.15, -0.1) is 18.3 Å². The Balaban J connectivity index is 1.43. The molecule has 1 spiro atoms. The molecule has 11 nitrogen and oxygen atoms in total. The van der Waals surface area contributed by atoms with Gasteiger partial charge in [-0.25, -0.2) is 4.68 Å². The average Bonchev–Trinajstić information content (AvgIpc) is 3.81. The molecule has 2 aromatic carbocycles. The van der Waals surface area contributed by atoms with Crippen LogP contribution in [0.5, 0.6) is 0 Å². The number of aliphatic hydroxyl groups excluding tert-OH is 1. The highest BCUT2D eigenvalue weighted by atomic mass is 16.6. The van der Waals surface area contributed by atoms with E-state index in [0.29, 0.717) is 43.2 Å². The first kappa shape index (κ1) is 31.6. The summed E-state index contributed by atoms with van der Waals surface area (Å²) in [7, 11) is 0. The second-order valence-corrected chi connectivity index (χ2v) is 12.4. The molecule has 3 saturated heterocycles. The summed E-state index contributed by atoms with van der Waals surface area (Å²) in [5, 5.41) is 19.3. The first-order valence-corrected chi connectivity index (χ1v) is 16.0. The second-order valence-electron chi connectivity index (χ2n) is 12.4. The number of likely N-dealkylation sites (tertiary alicyclic amines) is 1. The maximum atomic E-state index is 15.0. The zero-order chi connectivity index (χ0) is 32.5. The number of carbonyl (C=O) groups is 3. The summed E-state index contributed by atoms with van der Waals surface area (Å²) in [5.74, 6) is -3.09. The van der Waals surface area contributed by atoms with Crippen LogP contribution in [0.25, 0.3) is 11.0 Å². The van der Waals surface area contributed by atoms with E-state index in [4.69, 9.17) is 9.47 Å². The summed E-state index contributed by atoms with van der Waals surface area (Å²) in [4.78, 5) is 46.6. The fourth-order valence-electron chi connectivity index (χ4n) is 7.88. The minimum atomic E-state index is -1.29. The monoisotopic (exact) mass is 627 g/mol. The smallest absolute Gasteiger partial charge is 0.312 e. The maximum Gasteiger partial charge on any atom is 0.312 e. The fraction of sp³-hybridized carbons (Fsp3) is 0.457. The molecule has 3 aliphatic heterocycles. The Labute approximate surface area is 268 Å². The van der Waals surface area contributed by atoms with Crippen LogP contribution in [-0.2, 0) is 30.5 Å². The van der Waals surface area contributed by atoms with Gasteiger partial charge in [-0.2, -0.15) is 0 Å². The number of fused-ring (bicyclic) bond motifs is 2. The number of rotatable bonds is 14. The van der Waals surface area contributed by atoms with Gasteiger partial charge in [-0.05, 0) is 49.8 Å². The fourth-order valence-corrected chi connectivity index (χ4v) is 7.88. The lowest BCUT2D eigenvalue weighted by atomic mass is 9.65. The van der Waals surface area contributed by atoms with E-state index in [1.165, 1.54) is 4.90 Å². The van der Waals surface area contributed by atoms with Crippen LogP contribution in [0.4, 0.5) is 0 Å². The second kappa shape index (κ2) is 12.8.